The summed E-state index contributed by atoms with van der Waals surface area (Å²) in [6.45, 7) is 7.59. The summed E-state index contributed by atoms with van der Waals surface area (Å²) in [6.07, 6.45) is 2.23. The maximum absolute atomic E-state index is 4.39. The molecule has 2 aromatic heterocycles. The predicted octanol–water partition coefficient (Wildman–Crippen LogP) is 3.95. The number of hydrogen-bond acceptors (Lipinski definition) is 3. The second-order valence-corrected chi connectivity index (χ2v) is 7.64. The summed E-state index contributed by atoms with van der Waals surface area (Å²) in [4.78, 5) is 8.24. The summed E-state index contributed by atoms with van der Waals surface area (Å²) < 4.78 is 2.57. The zero-order valence-electron chi connectivity index (χ0n) is 14.1. The Morgan fingerprint density at radius 2 is 2.13 bits per heavy atom. The third kappa shape index (κ3) is 2.60. The van der Waals surface area contributed by atoms with E-state index >= 15 is 0 Å². The van der Waals surface area contributed by atoms with Gasteiger partial charge in [-0.05, 0) is 38.6 Å². The van der Waals surface area contributed by atoms with Gasteiger partial charge in [0, 0.05) is 53.9 Å². The molecule has 0 atom stereocenters. The van der Waals surface area contributed by atoms with E-state index < -0.39 is 0 Å². The highest BCUT2D eigenvalue weighted by molar-refractivity contribution is 7.09. The van der Waals surface area contributed by atoms with E-state index in [1.54, 1.807) is 22.6 Å². The lowest BCUT2D eigenvalue weighted by atomic mass is 10.0. The van der Waals surface area contributed by atoms with Crippen molar-refractivity contribution in [3.8, 4) is 0 Å². The molecule has 120 valence electrons. The molecule has 0 spiro atoms. The van der Waals surface area contributed by atoms with Gasteiger partial charge >= 0.3 is 0 Å². The second-order valence-electron chi connectivity index (χ2n) is 6.70. The minimum Gasteiger partial charge on any atom is -0.344 e. The van der Waals surface area contributed by atoms with Gasteiger partial charge in [0.05, 0.1) is 11.2 Å². The van der Waals surface area contributed by atoms with E-state index in [0.29, 0.717) is 0 Å². The first-order valence-corrected chi connectivity index (χ1v) is 9.19. The first kappa shape index (κ1) is 14.9. The van der Waals surface area contributed by atoms with Gasteiger partial charge in [0.2, 0.25) is 0 Å². The number of aromatic nitrogens is 2. The van der Waals surface area contributed by atoms with Crippen molar-refractivity contribution in [3.63, 3.8) is 0 Å². The van der Waals surface area contributed by atoms with Gasteiger partial charge in [-0.15, -0.1) is 11.3 Å². The monoisotopic (exact) mass is 325 g/mol. The Kier molecular flexibility index (Phi) is 3.74. The third-order valence-electron chi connectivity index (χ3n) is 5.01. The lowest BCUT2D eigenvalue weighted by molar-refractivity contribution is 0.309. The van der Waals surface area contributed by atoms with Crippen molar-refractivity contribution in [2.75, 3.05) is 13.6 Å². The largest absolute Gasteiger partial charge is 0.344 e. The molecule has 1 aliphatic heterocycles. The van der Waals surface area contributed by atoms with Crippen molar-refractivity contribution in [1.82, 2.24) is 14.5 Å². The molecule has 23 heavy (non-hydrogen) atoms. The Hall–Kier alpha value is -1.65. The van der Waals surface area contributed by atoms with E-state index in [4.69, 9.17) is 0 Å². The van der Waals surface area contributed by atoms with Crippen molar-refractivity contribution in [1.29, 1.82) is 0 Å². The normalized spacial score (nSPS) is 15.3. The molecule has 4 heteroatoms. The van der Waals surface area contributed by atoms with E-state index in [2.05, 4.69) is 53.5 Å². The standard InChI is InChI=1S/C19H23N3S/c1-13-4-5-17-15(10-13)16-11-21(3)8-6-18(16)22(17)9-7-19-14(2)20-12-23-19/h4-5,10,12H,6-9,11H2,1-3H3. The summed E-state index contributed by atoms with van der Waals surface area (Å²) in [6, 6.07) is 6.91. The zero-order valence-corrected chi connectivity index (χ0v) is 14.9. The van der Waals surface area contributed by atoms with Crippen LogP contribution in [0.5, 0.6) is 0 Å². The number of rotatable bonds is 3. The lowest BCUT2D eigenvalue weighted by Crippen LogP contribution is -2.27. The van der Waals surface area contributed by atoms with Gasteiger partial charge in [0.25, 0.3) is 0 Å². The molecule has 0 radical (unpaired) electrons. The van der Waals surface area contributed by atoms with Crippen LogP contribution in [0.25, 0.3) is 10.9 Å². The molecule has 0 bridgehead atoms. The highest BCUT2D eigenvalue weighted by Crippen LogP contribution is 2.31. The molecule has 0 amide bonds. The van der Waals surface area contributed by atoms with Crippen LogP contribution in [0.2, 0.25) is 0 Å². The molecule has 3 aromatic rings. The Balaban J connectivity index is 1.78. The summed E-state index contributed by atoms with van der Waals surface area (Å²) in [7, 11) is 2.22. The van der Waals surface area contributed by atoms with Crippen LogP contribution in [0, 0.1) is 13.8 Å². The molecule has 0 saturated carbocycles. The van der Waals surface area contributed by atoms with Gasteiger partial charge in [-0.2, -0.15) is 0 Å². The predicted molar refractivity (Wildman–Crippen MR) is 97.3 cm³/mol. The summed E-state index contributed by atoms with van der Waals surface area (Å²) >= 11 is 1.78. The van der Waals surface area contributed by atoms with E-state index in [-0.39, 0.29) is 0 Å². The zero-order chi connectivity index (χ0) is 16.0. The van der Waals surface area contributed by atoms with Crippen molar-refractivity contribution < 1.29 is 0 Å². The highest BCUT2D eigenvalue weighted by Gasteiger charge is 2.22. The molecule has 3 heterocycles. The summed E-state index contributed by atoms with van der Waals surface area (Å²) in [5, 5.41) is 1.45. The Labute approximate surface area is 141 Å². The Morgan fingerprint density at radius 3 is 2.91 bits per heavy atom. The molecular weight excluding hydrogens is 302 g/mol. The SMILES string of the molecule is Cc1ccc2c(c1)c1c(n2CCc2scnc2C)CCN(C)C1. The van der Waals surface area contributed by atoms with Crippen LogP contribution in [0.1, 0.15) is 27.4 Å². The van der Waals surface area contributed by atoms with E-state index in [1.807, 2.05) is 5.51 Å². The van der Waals surface area contributed by atoms with E-state index in [0.717, 1.165) is 32.5 Å². The third-order valence-corrected chi connectivity index (χ3v) is 6.00. The molecule has 1 aromatic carbocycles. The number of nitrogens with zero attached hydrogens (tertiary/aromatic N) is 3. The van der Waals surface area contributed by atoms with Crippen molar-refractivity contribution in [2.45, 2.75) is 39.8 Å². The van der Waals surface area contributed by atoms with Crippen LogP contribution in [-0.2, 0) is 25.9 Å². The van der Waals surface area contributed by atoms with Gasteiger partial charge in [0.15, 0.2) is 0 Å². The molecule has 0 aliphatic carbocycles. The maximum atomic E-state index is 4.39. The Morgan fingerprint density at radius 1 is 1.26 bits per heavy atom. The Bertz CT molecular complexity index is 859. The fourth-order valence-electron chi connectivity index (χ4n) is 3.73. The average molecular weight is 325 g/mol. The fourth-order valence-corrected chi connectivity index (χ4v) is 4.50. The minimum atomic E-state index is 1.06. The van der Waals surface area contributed by atoms with Gasteiger partial charge in [0.1, 0.15) is 0 Å². The van der Waals surface area contributed by atoms with Gasteiger partial charge < -0.3 is 9.47 Å². The number of fused-ring (bicyclic) bond motifs is 3. The molecule has 3 nitrogen and oxygen atoms in total. The summed E-state index contributed by atoms with van der Waals surface area (Å²) in [5.41, 5.74) is 8.99. The van der Waals surface area contributed by atoms with Crippen LogP contribution >= 0.6 is 11.3 Å². The minimum absolute atomic E-state index is 1.06. The fraction of sp³-hybridized carbons (Fsp3) is 0.421. The highest BCUT2D eigenvalue weighted by atomic mass is 32.1. The van der Waals surface area contributed by atoms with Gasteiger partial charge in [-0.1, -0.05) is 11.6 Å². The number of aryl methyl sites for hydroxylation is 4. The lowest BCUT2D eigenvalue weighted by Gasteiger charge is -2.24. The molecule has 0 saturated heterocycles. The van der Waals surface area contributed by atoms with Crippen LogP contribution in [0.3, 0.4) is 0 Å². The molecule has 0 unspecified atom stereocenters. The maximum Gasteiger partial charge on any atom is 0.0797 e. The van der Waals surface area contributed by atoms with E-state index in [1.165, 1.54) is 27.0 Å². The van der Waals surface area contributed by atoms with Gasteiger partial charge in [-0.25, -0.2) is 4.98 Å². The number of benzene rings is 1. The molecule has 4 rings (SSSR count). The van der Waals surface area contributed by atoms with Crippen LogP contribution in [0.4, 0.5) is 0 Å². The number of hydrogen-bond donors (Lipinski definition) is 0. The van der Waals surface area contributed by atoms with Crippen molar-refractivity contribution in [2.24, 2.45) is 0 Å². The molecule has 0 N–H and O–H groups in total. The molecule has 0 fully saturated rings. The molecular formula is C19H23N3S. The van der Waals surface area contributed by atoms with Crippen LogP contribution < -0.4 is 0 Å². The molecule has 1 aliphatic rings. The first-order chi connectivity index (χ1) is 11.1. The smallest absolute Gasteiger partial charge is 0.0797 e. The van der Waals surface area contributed by atoms with Crippen molar-refractivity contribution >= 4 is 22.2 Å². The first-order valence-electron chi connectivity index (χ1n) is 8.31. The van der Waals surface area contributed by atoms with Crippen LogP contribution in [-0.4, -0.2) is 28.0 Å². The van der Waals surface area contributed by atoms with E-state index in [9.17, 15) is 0 Å². The van der Waals surface area contributed by atoms with Crippen molar-refractivity contribution in [3.05, 3.63) is 51.1 Å². The number of likely N-dealkylation sites (N-methyl/N-ethyl adjacent to an activating group) is 1. The topological polar surface area (TPSA) is 21.1 Å². The quantitative estimate of drug-likeness (QED) is 0.727. The average Bonchev–Trinajstić information content (AvgIpc) is 3.06. The van der Waals surface area contributed by atoms with Crippen LogP contribution in [0.15, 0.2) is 23.7 Å². The summed E-state index contributed by atoms with van der Waals surface area (Å²) in [5.74, 6) is 0. The van der Waals surface area contributed by atoms with Gasteiger partial charge in [-0.3, -0.25) is 0 Å². The second kappa shape index (κ2) is 5.77. The number of thiazole rings is 1.